The molecule has 0 aromatic heterocycles. The Morgan fingerprint density at radius 2 is 0.722 bits per heavy atom. The Balaban J connectivity index is 1.35. The minimum Gasteiger partial charge on any atom is -0.394 e. The van der Waals surface area contributed by atoms with Crippen molar-refractivity contribution in [3.05, 3.63) is 182 Å². The SMILES string of the molecule is CC/C=C\C/C=C\C/C=C\C/C=C\C/C=C\C/C=C\C/C=C\C/C=C\C/C=C\C/C=C\C/C=C\C/C=C\CCCCCCC(=O)NC(COC1OC(CO)C(OC2OC(CO)C(OC3OC(CO)C(O)C(O)C3O)C(O)C2O)C(O)C1O)C(O)/C=C/CC/C=C/CC/C=C/CCC. The van der Waals surface area contributed by atoms with Gasteiger partial charge in [0.05, 0.1) is 38.6 Å². The van der Waals surface area contributed by atoms with Gasteiger partial charge in [0.1, 0.15) is 73.2 Å². The number of amides is 1. The van der Waals surface area contributed by atoms with Crippen LogP contribution in [0.4, 0.5) is 0 Å². The van der Waals surface area contributed by atoms with Crippen molar-refractivity contribution in [3.8, 4) is 0 Å². The van der Waals surface area contributed by atoms with E-state index in [-0.39, 0.29) is 12.3 Å². The van der Waals surface area contributed by atoms with E-state index in [1.165, 1.54) is 0 Å². The summed E-state index contributed by atoms with van der Waals surface area (Å²) in [7, 11) is 0. The normalized spacial score (nSPS) is 28.0. The van der Waals surface area contributed by atoms with Crippen molar-refractivity contribution in [2.45, 2.75) is 272 Å². The van der Waals surface area contributed by atoms with Gasteiger partial charge < -0.3 is 89.9 Å². The summed E-state index contributed by atoms with van der Waals surface area (Å²) in [6.45, 7) is 1.44. The van der Waals surface area contributed by atoms with E-state index in [1.807, 2.05) is 0 Å². The van der Waals surface area contributed by atoms with Gasteiger partial charge >= 0.3 is 0 Å². The second-order valence-corrected chi connectivity index (χ2v) is 24.2. The molecule has 0 aliphatic carbocycles. The predicted molar refractivity (Wildman–Crippen MR) is 382 cm³/mol. The first-order chi connectivity index (χ1) is 47.3. The maximum absolute atomic E-state index is 13.4. The molecule has 17 unspecified atom stereocenters. The van der Waals surface area contributed by atoms with Crippen molar-refractivity contribution < 1.29 is 89.4 Å². The van der Waals surface area contributed by atoms with Gasteiger partial charge in [-0.05, 0) is 128 Å². The van der Waals surface area contributed by atoms with Gasteiger partial charge in [0, 0.05) is 6.42 Å². The van der Waals surface area contributed by atoms with E-state index in [9.17, 15) is 61.0 Å². The monoisotopic (exact) mass is 1360 g/mol. The van der Waals surface area contributed by atoms with Crippen molar-refractivity contribution >= 4 is 5.91 Å². The summed E-state index contributed by atoms with van der Waals surface area (Å²) in [5, 5.41) is 120. The fourth-order valence-electron chi connectivity index (χ4n) is 10.4. The highest BCUT2D eigenvalue weighted by atomic mass is 16.8. The zero-order valence-electron chi connectivity index (χ0n) is 57.7. The smallest absolute Gasteiger partial charge is 0.220 e. The molecule has 3 aliphatic rings. The summed E-state index contributed by atoms with van der Waals surface area (Å²) in [5.74, 6) is -0.326. The minimum absolute atomic E-state index is 0.189. The molecule has 3 aliphatic heterocycles. The van der Waals surface area contributed by atoms with Crippen molar-refractivity contribution in [2.75, 3.05) is 26.4 Å². The Labute approximate surface area is 579 Å². The molecule has 1 amide bonds. The van der Waals surface area contributed by atoms with Crippen LogP contribution < -0.4 is 5.32 Å². The number of ether oxygens (including phenoxy) is 6. The predicted octanol–water partition coefficient (Wildman–Crippen LogP) is 10.0. The lowest BCUT2D eigenvalue weighted by atomic mass is 9.96. The van der Waals surface area contributed by atoms with Crippen LogP contribution in [0.2, 0.25) is 0 Å². The summed E-state index contributed by atoms with van der Waals surface area (Å²) in [6, 6.07) is -1.02. The average molecular weight is 1360 g/mol. The highest BCUT2D eigenvalue weighted by molar-refractivity contribution is 5.76. The standard InChI is InChI=1S/C78H121NO18/c1-3-5-7-9-11-13-15-16-17-18-19-20-21-22-23-24-25-26-27-28-29-30-31-32-33-34-35-36-37-38-39-40-41-42-43-44-46-48-50-52-54-56-66(84)79-61(62(83)55-53-51-49-47-45-14-12-10-8-6-4-2)60-92-76-72(90)69(87)74(64(58-81)94-76)97-78-73(91)70(88)75(65(59-82)95-78)96-77-71(89)68(86)67(85)63(57-80)93-77/h5,7-8,10-11,13,16-17,19-20,22-23,25-26,28-29,31-32,34-35,37-38,40-41,43-45,47,53,55,61-65,67-78,80-83,85-91H,3-4,6,9,12,14-15,18,21,24,27,30,33,36,39,42,46,48-52,54,56-60H2,1-2H3,(H,79,84)/b7-5-,10-8+,13-11-,17-16-,20-19-,23-22-,26-25-,29-28-,32-31-,35-34-,38-37-,41-40-,44-43-,47-45+,55-53+. The van der Waals surface area contributed by atoms with Crippen LogP contribution in [0.15, 0.2) is 182 Å². The van der Waals surface area contributed by atoms with Crippen molar-refractivity contribution in [3.63, 3.8) is 0 Å². The largest absolute Gasteiger partial charge is 0.394 e. The lowest BCUT2D eigenvalue weighted by Gasteiger charge is -2.48. The number of hydrogen-bond donors (Lipinski definition) is 12. The Kier molecular flexibility index (Phi) is 50.3. The molecule has 0 spiro atoms. The second-order valence-electron chi connectivity index (χ2n) is 24.2. The number of nitrogens with one attached hydrogen (secondary N) is 1. The number of unbranched alkanes of at least 4 members (excludes halogenated alkanes) is 7. The molecule has 546 valence electrons. The van der Waals surface area contributed by atoms with Crippen LogP contribution in [0.1, 0.15) is 168 Å². The Bertz CT molecular complexity index is 2470. The summed E-state index contributed by atoms with van der Waals surface area (Å²) in [5.41, 5.74) is 0. The molecular formula is C78H121NO18. The molecule has 0 aromatic rings. The van der Waals surface area contributed by atoms with E-state index >= 15 is 0 Å². The molecule has 3 heterocycles. The molecule has 19 nitrogen and oxygen atoms in total. The average Bonchev–Trinajstić information content (AvgIpc) is 0.790. The van der Waals surface area contributed by atoms with E-state index in [1.54, 1.807) is 12.2 Å². The molecule has 0 bridgehead atoms. The van der Waals surface area contributed by atoms with Crippen LogP contribution in [0.3, 0.4) is 0 Å². The van der Waals surface area contributed by atoms with Crippen LogP contribution in [0.25, 0.3) is 0 Å². The molecule has 0 aromatic carbocycles. The first kappa shape index (κ1) is 86.1. The number of carbonyl (C=O) groups excluding carboxylic acids is 1. The quantitative estimate of drug-likeness (QED) is 0.0199. The molecule has 0 saturated carbocycles. The van der Waals surface area contributed by atoms with Gasteiger partial charge in [-0.2, -0.15) is 0 Å². The Morgan fingerprint density at radius 1 is 0.381 bits per heavy atom. The van der Waals surface area contributed by atoms with Crippen LogP contribution in [0.5, 0.6) is 0 Å². The molecule has 12 N–H and O–H groups in total. The number of rotatable bonds is 51. The van der Waals surface area contributed by atoms with Crippen LogP contribution in [-0.4, -0.2) is 193 Å². The van der Waals surface area contributed by atoms with Gasteiger partial charge in [-0.3, -0.25) is 4.79 Å². The highest BCUT2D eigenvalue weighted by Gasteiger charge is 2.53. The maximum Gasteiger partial charge on any atom is 0.220 e. The third kappa shape index (κ3) is 37.8. The lowest BCUT2D eigenvalue weighted by molar-refractivity contribution is -0.379. The van der Waals surface area contributed by atoms with E-state index in [0.717, 1.165) is 135 Å². The topological polar surface area (TPSA) is 307 Å². The number of hydrogen-bond acceptors (Lipinski definition) is 18. The molecule has 17 atom stereocenters. The fourth-order valence-corrected chi connectivity index (χ4v) is 10.4. The summed E-state index contributed by atoms with van der Waals surface area (Å²) < 4.78 is 34.2. The minimum atomic E-state index is -1.99. The Hall–Kier alpha value is -5.11. The van der Waals surface area contributed by atoms with Crippen molar-refractivity contribution in [1.29, 1.82) is 0 Å². The third-order valence-electron chi connectivity index (χ3n) is 16.1. The second kappa shape index (κ2) is 56.6. The van der Waals surface area contributed by atoms with Gasteiger partial charge in [-0.15, -0.1) is 0 Å². The number of aliphatic hydroxyl groups excluding tert-OH is 11. The fraction of sp³-hybridized carbons (Fsp3) is 0.603. The molecule has 0 radical (unpaired) electrons. The van der Waals surface area contributed by atoms with Gasteiger partial charge in [-0.1, -0.05) is 215 Å². The lowest BCUT2D eigenvalue weighted by Crippen LogP contribution is -2.66. The zero-order valence-corrected chi connectivity index (χ0v) is 57.7. The van der Waals surface area contributed by atoms with E-state index in [0.29, 0.717) is 12.8 Å². The van der Waals surface area contributed by atoms with E-state index < -0.39 is 131 Å². The zero-order chi connectivity index (χ0) is 70.4. The molecule has 3 saturated heterocycles. The summed E-state index contributed by atoms with van der Waals surface area (Å²) in [4.78, 5) is 13.4. The first-order valence-electron chi connectivity index (χ1n) is 35.5. The van der Waals surface area contributed by atoms with Crippen molar-refractivity contribution in [2.24, 2.45) is 0 Å². The molecule has 19 heteroatoms. The molecule has 3 fully saturated rings. The summed E-state index contributed by atoms with van der Waals surface area (Å²) >= 11 is 0. The van der Waals surface area contributed by atoms with Crippen LogP contribution in [0, 0.1) is 0 Å². The van der Waals surface area contributed by atoms with Gasteiger partial charge in [-0.25, -0.2) is 0 Å². The third-order valence-corrected chi connectivity index (χ3v) is 16.1. The van der Waals surface area contributed by atoms with E-state index in [4.69, 9.17) is 28.4 Å². The molecule has 3 rings (SSSR count). The first-order valence-corrected chi connectivity index (χ1v) is 35.5. The summed E-state index contributed by atoms with van der Waals surface area (Å²) in [6.07, 6.45) is 59.0. The Morgan fingerprint density at radius 3 is 1.13 bits per heavy atom. The van der Waals surface area contributed by atoms with Crippen LogP contribution >= 0.6 is 0 Å². The maximum atomic E-state index is 13.4. The van der Waals surface area contributed by atoms with Crippen molar-refractivity contribution in [1.82, 2.24) is 5.32 Å². The van der Waals surface area contributed by atoms with Crippen LogP contribution in [-0.2, 0) is 33.2 Å². The van der Waals surface area contributed by atoms with Gasteiger partial charge in [0.25, 0.3) is 0 Å². The van der Waals surface area contributed by atoms with E-state index in [2.05, 4.69) is 189 Å². The van der Waals surface area contributed by atoms with Gasteiger partial charge in [0.15, 0.2) is 18.9 Å². The van der Waals surface area contributed by atoms with Gasteiger partial charge in [0.2, 0.25) is 5.91 Å². The molecule has 97 heavy (non-hydrogen) atoms. The highest BCUT2D eigenvalue weighted by Crippen LogP contribution is 2.33. The number of carbonyl (C=O) groups is 1. The number of aliphatic hydroxyl groups is 11. The molecular weight excluding hydrogens is 1240 g/mol. The number of allylic oxidation sites excluding steroid dienone is 29.